The number of morpholine rings is 4. The Kier molecular flexibility index (Phi) is 32.7. The van der Waals surface area contributed by atoms with E-state index >= 15 is 0 Å². The number of rotatable bonds is 28. The fourth-order valence-electron chi connectivity index (χ4n) is 15.2. The van der Waals surface area contributed by atoms with Crippen LogP contribution in [0.5, 0.6) is 11.5 Å². The number of aryl methyl sites for hydroxylation is 3. The number of halogens is 7. The SMILES string of the molecule is CC1CCNN1c1cc(O)cc(Nc2ccc(/C=N/Nc3ncc(F)c(N4CCOCC4)n3)nc2)c1.Cc1cn(-c2cc(Nc3ccc(/C=N/Nc4ncc(F)c(N5CCOCC5)n4)nc3)cc(C(F)(F)F)c2)cn1.Cc1cn(-c2cc(O)cc(Nc3ccc(/C=N/Nc4ncc(F)c(N5CCOCC5)n4)nc3)c2)cn1.Cc1cn(-c2cccc(Nc3ccc(/C=N/Nc4ncc(F)c(N5CCOCC5)n4)nc3)c2)cn1. The molecular weight excluding hydrogens is 1900 g/mol. The van der Waals surface area contributed by atoms with Crippen LogP contribution in [0.4, 0.5) is 129 Å². The lowest BCUT2D eigenvalue weighted by molar-refractivity contribution is -0.137. The highest BCUT2D eigenvalue weighted by Gasteiger charge is 2.32. The van der Waals surface area contributed by atoms with Crippen molar-refractivity contribution in [2.45, 2.75) is 46.3 Å². The molecule has 16 heterocycles. The number of anilines is 17. The van der Waals surface area contributed by atoms with Crippen LogP contribution in [0, 0.1) is 44.0 Å². The summed E-state index contributed by atoms with van der Waals surface area (Å²) in [6.45, 7) is 17.3. The molecule has 20 rings (SSSR count). The molecule has 146 heavy (non-hydrogen) atoms. The first-order valence-electron chi connectivity index (χ1n) is 46.0. The summed E-state index contributed by atoms with van der Waals surface area (Å²) in [5.41, 5.74) is 26.6. The Balaban J connectivity index is 0.000000133. The van der Waals surface area contributed by atoms with E-state index in [0.717, 1.165) is 107 Å². The van der Waals surface area contributed by atoms with Crippen LogP contribution in [0.3, 0.4) is 0 Å². The van der Waals surface area contributed by atoms with Gasteiger partial charge in [0.25, 0.3) is 0 Å². The van der Waals surface area contributed by atoms with Crippen LogP contribution in [-0.2, 0) is 25.1 Å². The number of pyridine rings is 4. The van der Waals surface area contributed by atoms with E-state index in [0.29, 0.717) is 157 Å². The molecule has 4 aromatic carbocycles. The third kappa shape index (κ3) is 27.8. The number of imidazole rings is 3. The van der Waals surface area contributed by atoms with Gasteiger partial charge in [0.15, 0.2) is 46.5 Å². The number of nitrogens with zero attached hydrogens (tertiary/aromatic N) is 27. The zero-order valence-corrected chi connectivity index (χ0v) is 79.1. The number of hydrazone groups is 4. The summed E-state index contributed by atoms with van der Waals surface area (Å²) in [6, 6.07) is 36.9. The first kappa shape index (κ1) is 100.0. The normalized spacial score (nSPS) is 15.0. The van der Waals surface area contributed by atoms with Gasteiger partial charge in [-0.3, -0.25) is 19.9 Å². The van der Waals surface area contributed by atoms with Gasteiger partial charge in [-0.05, 0) is 131 Å². The third-order valence-electron chi connectivity index (χ3n) is 22.4. The molecule has 752 valence electrons. The molecule has 49 heteroatoms. The number of phenolic OH excluding ortho intramolecular Hbond substituents is 2. The van der Waals surface area contributed by atoms with E-state index in [4.69, 9.17) is 18.9 Å². The fourth-order valence-corrected chi connectivity index (χ4v) is 15.2. The van der Waals surface area contributed by atoms with E-state index in [1.165, 1.54) is 35.7 Å². The minimum atomic E-state index is -4.52. The molecule has 0 aliphatic carbocycles. The van der Waals surface area contributed by atoms with Crippen LogP contribution in [0.25, 0.3) is 17.1 Å². The standard InChI is InChI=1S/C25H23F4N9O.C24H24FN9O2.C24H28FN9O2.C24H24FN9O/c1-16-14-38(15-32-16)21-9-17(25(27,28)29)8-20(10-21)34-19-3-2-18(30-11-19)12-33-36-24-31-13-22(26)23(35-24)37-4-6-39-7-5-37;1-16-14-34(15-28-16)20-8-19(9-21(35)10-20)30-18-3-2-17(26-11-18)12-29-32-24-27-13-22(25)23(31-24)33-4-6-36-7-5-33;1-16-4-5-29-34(16)20-10-19(11-21(35)12-20)30-18-3-2-17(26-13-18)14-28-32-24-27-15-22(25)23(31-24)33-6-8-36-9-7-33;1-17-15-34(16-28-17)21-4-2-3-18(11-21)30-20-6-5-19(26-12-20)13-29-32-24-27-14-22(25)23(31-24)33-7-9-35-10-8-33/h2-3,8-15,34H,4-7H2,1H3,(H,31,35,36);2-3,8-15,30,35H,4-7H2,1H3,(H,27,31,32);2-3,10-16,29-30,35H,4-9H2,1H3,(H,27,31,32);2-6,11-16,30H,7-10H2,1H3,(H,27,31,32)/b33-12+;29-12+;28-14+;29-13+. The number of ether oxygens (including phenoxy) is 4. The Morgan fingerprint density at radius 1 is 0.356 bits per heavy atom. The number of alkyl halides is 3. The number of aromatic nitrogens is 18. The molecule has 11 N–H and O–H groups in total. The van der Waals surface area contributed by atoms with Crippen molar-refractivity contribution >= 4 is 123 Å². The van der Waals surface area contributed by atoms with Crippen molar-refractivity contribution < 1.29 is 59.9 Å². The zero-order chi connectivity index (χ0) is 101. The second kappa shape index (κ2) is 47.8. The van der Waals surface area contributed by atoms with E-state index in [1.807, 2.05) is 111 Å². The number of phenols is 2. The molecule has 5 aliphatic heterocycles. The summed E-state index contributed by atoms with van der Waals surface area (Å²) in [6.07, 6.45) is 23.9. The summed E-state index contributed by atoms with van der Waals surface area (Å²) in [7, 11) is 0. The molecule has 1 unspecified atom stereocenters. The summed E-state index contributed by atoms with van der Waals surface area (Å²) in [5, 5.41) is 51.6. The van der Waals surface area contributed by atoms with E-state index in [2.05, 4.69) is 155 Å². The Labute approximate surface area is 830 Å². The number of hydrazine groups is 1. The maximum absolute atomic E-state index is 14.2. The Hall–Kier alpha value is -17.6. The molecule has 11 aromatic heterocycles. The minimum Gasteiger partial charge on any atom is -0.508 e. The molecule has 0 radical (unpaired) electrons. The Bertz CT molecular complexity index is 7030. The first-order valence-corrected chi connectivity index (χ1v) is 46.0. The number of nitrogens with one attached hydrogen (secondary N) is 9. The molecule has 42 nitrogen and oxygen atoms in total. The summed E-state index contributed by atoms with van der Waals surface area (Å²) in [4.78, 5) is 69.8. The predicted molar refractivity (Wildman–Crippen MR) is 539 cm³/mol. The number of aromatic hydroxyl groups is 2. The molecule has 0 saturated carbocycles. The predicted octanol–water partition coefficient (Wildman–Crippen LogP) is 14.2. The summed E-state index contributed by atoms with van der Waals surface area (Å²) < 4.78 is 124. The van der Waals surface area contributed by atoms with Crippen molar-refractivity contribution in [2.24, 2.45) is 20.4 Å². The van der Waals surface area contributed by atoms with Gasteiger partial charge in [-0.15, -0.1) is 0 Å². The molecule has 1 atom stereocenters. The Morgan fingerprint density at radius 3 is 0.986 bits per heavy atom. The largest absolute Gasteiger partial charge is 0.508 e. The average molecular weight is 2000 g/mol. The highest BCUT2D eigenvalue weighted by atomic mass is 19.4. The molecule has 5 fully saturated rings. The van der Waals surface area contributed by atoms with Crippen LogP contribution in [-0.4, -0.2) is 241 Å². The number of hydrogen-bond donors (Lipinski definition) is 11. The Morgan fingerprint density at radius 2 is 0.671 bits per heavy atom. The van der Waals surface area contributed by atoms with E-state index in [1.54, 1.807) is 110 Å². The van der Waals surface area contributed by atoms with Gasteiger partial charge in [0, 0.05) is 142 Å². The molecule has 15 aromatic rings. The van der Waals surface area contributed by atoms with E-state index < -0.39 is 35.0 Å². The molecule has 5 aliphatic rings. The van der Waals surface area contributed by atoms with Crippen molar-refractivity contribution in [1.82, 2.24) is 93.9 Å². The van der Waals surface area contributed by atoms with Gasteiger partial charge in [-0.2, -0.15) is 53.5 Å². The average Bonchev–Trinajstić information content (AvgIpc) is 1.47. The molecular formula is C97H99F7N36O6. The second-order valence-corrected chi connectivity index (χ2v) is 33.2. The van der Waals surface area contributed by atoms with Crippen LogP contribution in [0.1, 0.15) is 58.8 Å². The van der Waals surface area contributed by atoms with Crippen LogP contribution >= 0.6 is 0 Å². The van der Waals surface area contributed by atoms with Gasteiger partial charge in [-0.25, -0.2) is 79.6 Å². The van der Waals surface area contributed by atoms with Crippen molar-refractivity contribution in [2.75, 3.05) is 179 Å². The van der Waals surface area contributed by atoms with Crippen LogP contribution < -0.4 is 73.0 Å². The van der Waals surface area contributed by atoms with Crippen molar-refractivity contribution in [3.63, 3.8) is 0 Å². The van der Waals surface area contributed by atoms with Gasteiger partial charge in [0.2, 0.25) is 23.8 Å². The quantitative estimate of drug-likeness (QED) is 0.0123. The van der Waals surface area contributed by atoms with E-state index in [-0.39, 0.29) is 64.3 Å². The number of hydrogen-bond acceptors (Lipinski definition) is 39. The molecule has 0 spiro atoms. The zero-order valence-electron chi connectivity index (χ0n) is 79.1. The van der Waals surface area contributed by atoms with Crippen LogP contribution in [0.15, 0.2) is 235 Å². The van der Waals surface area contributed by atoms with Gasteiger partial charge in [0.1, 0.15) is 11.5 Å². The monoisotopic (exact) mass is 2000 g/mol. The van der Waals surface area contributed by atoms with Crippen molar-refractivity contribution in [3.8, 4) is 28.6 Å². The molecule has 0 bridgehead atoms. The van der Waals surface area contributed by atoms with Crippen molar-refractivity contribution in [3.05, 3.63) is 283 Å². The van der Waals surface area contributed by atoms with E-state index in [9.17, 15) is 40.9 Å². The molecule has 0 amide bonds. The maximum atomic E-state index is 14.2. The highest BCUT2D eigenvalue weighted by Crippen LogP contribution is 2.37. The van der Waals surface area contributed by atoms with Gasteiger partial charge >= 0.3 is 6.18 Å². The summed E-state index contributed by atoms with van der Waals surface area (Å²) in [5.74, 6) is -0.143. The lowest BCUT2D eigenvalue weighted by atomic mass is 10.1. The first-order chi connectivity index (χ1) is 71.0. The fraction of sp³-hybridized carbons (Fsp3) is 0.247. The minimum absolute atomic E-state index is 0.112. The van der Waals surface area contributed by atoms with Gasteiger partial charge < -0.3 is 88.7 Å². The second-order valence-electron chi connectivity index (χ2n) is 33.2. The highest BCUT2D eigenvalue weighted by molar-refractivity contribution is 5.81. The third-order valence-corrected chi connectivity index (χ3v) is 22.4. The lowest BCUT2D eigenvalue weighted by Crippen LogP contribution is -2.37. The smallest absolute Gasteiger partial charge is 0.416 e. The number of benzene rings is 4. The topological polar surface area (TPSA) is 459 Å². The van der Waals surface area contributed by atoms with Gasteiger partial charge in [0.05, 0.1) is 226 Å². The lowest BCUT2D eigenvalue weighted by Gasteiger charge is -2.27. The van der Waals surface area contributed by atoms with Gasteiger partial charge in [-0.1, -0.05) is 6.07 Å². The maximum Gasteiger partial charge on any atom is 0.416 e. The molecule has 5 saturated heterocycles. The van der Waals surface area contributed by atoms with Crippen LogP contribution in [0.2, 0.25) is 0 Å². The van der Waals surface area contributed by atoms with Crippen molar-refractivity contribution in [1.29, 1.82) is 0 Å². The summed E-state index contributed by atoms with van der Waals surface area (Å²) >= 11 is 0.